The van der Waals surface area contributed by atoms with Crippen LogP contribution in [0.2, 0.25) is 0 Å². The number of nitrogen functional groups attached to an aromatic ring is 1. The number of nitrogens with zero attached hydrogens (tertiary/aromatic N) is 1. The first-order valence-electron chi connectivity index (χ1n) is 6.88. The van der Waals surface area contributed by atoms with Crippen LogP contribution in [0, 0.1) is 0 Å². The van der Waals surface area contributed by atoms with Gasteiger partial charge < -0.3 is 15.0 Å². The SMILES string of the molecule is COc1cc(P2(=O)CCN(C3CC3)CC2)ccc1N. The van der Waals surface area contributed by atoms with Gasteiger partial charge in [-0.3, -0.25) is 4.90 Å². The molecule has 3 rings (SSSR count). The maximum Gasteiger partial charge on any atom is 0.142 e. The van der Waals surface area contributed by atoms with Gasteiger partial charge in [0.15, 0.2) is 0 Å². The summed E-state index contributed by atoms with van der Waals surface area (Å²) in [6.45, 7) is 1.93. The van der Waals surface area contributed by atoms with Crippen LogP contribution in [0.15, 0.2) is 18.2 Å². The molecule has 1 heterocycles. The van der Waals surface area contributed by atoms with Crippen molar-refractivity contribution in [1.82, 2.24) is 4.90 Å². The summed E-state index contributed by atoms with van der Waals surface area (Å²) in [5, 5.41) is 0.925. The average molecular weight is 280 g/mol. The third-order valence-corrected chi connectivity index (χ3v) is 7.31. The number of benzene rings is 1. The molecule has 0 aromatic heterocycles. The number of methoxy groups -OCH3 is 1. The van der Waals surface area contributed by atoms with Crippen LogP contribution < -0.4 is 15.8 Å². The lowest BCUT2D eigenvalue weighted by Crippen LogP contribution is -2.38. The molecule has 0 spiro atoms. The van der Waals surface area contributed by atoms with Gasteiger partial charge in [0.25, 0.3) is 0 Å². The second kappa shape index (κ2) is 4.84. The fourth-order valence-corrected chi connectivity index (χ4v) is 5.42. The molecule has 2 N–H and O–H groups in total. The zero-order valence-corrected chi connectivity index (χ0v) is 12.2. The summed E-state index contributed by atoms with van der Waals surface area (Å²) in [6, 6.07) is 6.35. The van der Waals surface area contributed by atoms with Crippen molar-refractivity contribution >= 4 is 18.1 Å². The van der Waals surface area contributed by atoms with Crippen molar-refractivity contribution in [3.8, 4) is 5.75 Å². The molecule has 0 amide bonds. The number of anilines is 1. The van der Waals surface area contributed by atoms with Gasteiger partial charge in [0, 0.05) is 36.8 Å². The zero-order chi connectivity index (χ0) is 13.5. The van der Waals surface area contributed by atoms with E-state index >= 15 is 0 Å². The molecule has 4 nitrogen and oxygen atoms in total. The van der Waals surface area contributed by atoms with Gasteiger partial charge in [-0.05, 0) is 31.0 Å². The summed E-state index contributed by atoms with van der Waals surface area (Å²) >= 11 is 0. The van der Waals surface area contributed by atoms with E-state index in [2.05, 4.69) is 4.90 Å². The molecule has 0 bridgehead atoms. The maximum atomic E-state index is 13.1. The van der Waals surface area contributed by atoms with E-state index in [1.54, 1.807) is 13.2 Å². The lowest BCUT2D eigenvalue weighted by atomic mass is 10.3. The number of hydrogen-bond acceptors (Lipinski definition) is 4. The Morgan fingerprint density at radius 2 is 2.00 bits per heavy atom. The standard InChI is InChI=1S/C14H21N2O2P/c1-18-14-10-12(4-5-13(14)15)19(17)8-6-16(7-9-19)11-2-3-11/h4-5,10-11H,2-3,6-9,15H2,1H3. The Morgan fingerprint density at radius 1 is 1.32 bits per heavy atom. The van der Waals surface area contributed by atoms with Crippen LogP contribution in [0.25, 0.3) is 0 Å². The van der Waals surface area contributed by atoms with Crippen LogP contribution in [0.5, 0.6) is 5.75 Å². The Kier molecular flexibility index (Phi) is 3.32. The molecular weight excluding hydrogens is 259 g/mol. The van der Waals surface area contributed by atoms with Crippen LogP contribution in [0.1, 0.15) is 12.8 Å². The highest BCUT2D eigenvalue weighted by Crippen LogP contribution is 2.48. The molecule has 1 aliphatic heterocycles. The Hall–Kier alpha value is -0.990. The molecule has 0 radical (unpaired) electrons. The molecule has 104 valence electrons. The molecule has 1 aromatic rings. The van der Waals surface area contributed by atoms with Gasteiger partial charge >= 0.3 is 0 Å². The summed E-state index contributed by atoms with van der Waals surface area (Å²) in [6.07, 6.45) is 4.22. The summed E-state index contributed by atoms with van der Waals surface area (Å²) in [5.41, 5.74) is 6.43. The van der Waals surface area contributed by atoms with Crippen molar-refractivity contribution in [2.45, 2.75) is 18.9 Å². The summed E-state index contributed by atoms with van der Waals surface area (Å²) in [7, 11) is -0.654. The third-order valence-electron chi connectivity index (χ3n) is 4.25. The van der Waals surface area contributed by atoms with E-state index in [9.17, 15) is 4.57 Å². The van der Waals surface area contributed by atoms with Gasteiger partial charge in [-0.25, -0.2) is 0 Å². The minimum atomic E-state index is -2.25. The second-order valence-electron chi connectivity index (χ2n) is 5.53. The van der Waals surface area contributed by atoms with Gasteiger partial charge in [-0.2, -0.15) is 0 Å². The van der Waals surface area contributed by atoms with E-state index in [0.29, 0.717) is 11.4 Å². The second-order valence-corrected chi connectivity index (χ2v) is 8.72. The Labute approximate surface area is 114 Å². The molecule has 1 saturated heterocycles. The van der Waals surface area contributed by atoms with Crippen LogP contribution >= 0.6 is 7.14 Å². The lowest BCUT2D eigenvalue weighted by molar-refractivity contribution is 0.285. The number of hydrogen-bond donors (Lipinski definition) is 1. The molecule has 2 fully saturated rings. The van der Waals surface area contributed by atoms with Gasteiger partial charge in [-0.1, -0.05) is 0 Å². The molecular formula is C14H21N2O2P. The lowest BCUT2D eigenvalue weighted by Gasteiger charge is -2.32. The molecule has 0 atom stereocenters. The maximum absolute atomic E-state index is 13.1. The summed E-state index contributed by atoms with van der Waals surface area (Å²) in [4.78, 5) is 2.49. The van der Waals surface area contributed by atoms with E-state index in [1.165, 1.54) is 12.8 Å². The van der Waals surface area contributed by atoms with Crippen molar-refractivity contribution < 1.29 is 9.30 Å². The smallest absolute Gasteiger partial charge is 0.142 e. The van der Waals surface area contributed by atoms with Crippen molar-refractivity contribution in [2.24, 2.45) is 0 Å². The Bertz CT molecular complexity index is 516. The van der Waals surface area contributed by atoms with Crippen LogP contribution in [0.4, 0.5) is 5.69 Å². The zero-order valence-electron chi connectivity index (χ0n) is 11.3. The highest BCUT2D eigenvalue weighted by Gasteiger charge is 2.36. The Balaban J connectivity index is 1.79. The minimum Gasteiger partial charge on any atom is -0.495 e. The van der Waals surface area contributed by atoms with E-state index in [4.69, 9.17) is 10.5 Å². The third kappa shape index (κ3) is 2.52. The van der Waals surface area contributed by atoms with Gasteiger partial charge in [-0.15, -0.1) is 0 Å². The number of nitrogens with two attached hydrogens (primary N) is 1. The van der Waals surface area contributed by atoms with E-state index in [1.807, 2.05) is 12.1 Å². The first kappa shape index (κ1) is 13.0. The molecule has 5 heteroatoms. The molecule has 1 aliphatic carbocycles. The predicted octanol–water partition coefficient (Wildman–Crippen LogP) is 1.74. The first-order chi connectivity index (χ1) is 9.12. The highest BCUT2D eigenvalue weighted by atomic mass is 31.2. The molecule has 2 aliphatic rings. The molecule has 1 saturated carbocycles. The Morgan fingerprint density at radius 3 is 2.58 bits per heavy atom. The predicted molar refractivity (Wildman–Crippen MR) is 79.0 cm³/mol. The van der Waals surface area contributed by atoms with Crippen molar-refractivity contribution in [1.29, 1.82) is 0 Å². The van der Waals surface area contributed by atoms with Crippen LogP contribution in [-0.2, 0) is 4.57 Å². The van der Waals surface area contributed by atoms with Crippen LogP contribution in [-0.4, -0.2) is 43.5 Å². The number of ether oxygens (including phenoxy) is 1. The quantitative estimate of drug-likeness (QED) is 0.677. The topological polar surface area (TPSA) is 55.6 Å². The van der Waals surface area contributed by atoms with E-state index in [0.717, 1.165) is 36.8 Å². The fraction of sp³-hybridized carbons (Fsp3) is 0.571. The van der Waals surface area contributed by atoms with Gasteiger partial charge in [0.05, 0.1) is 12.8 Å². The molecule has 19 heavy (non-hydrogen) atoms. The largest absolute Gasteiger partial charge is 0.495 e. The molecule has 0 unspecified atom stereocenters. The van der Waals surface area contributed by atoms with Gasteiger partial charge in [0.1, 0.15) is 12.9 Å². The summed E-state index contributed by atoms with van der Waals surface area (Å²) < 4.78 is 18.3. The highest BCUT2D eigenvalue weighted by molar-refractivity contribution is 7.71. The van der Waals surface area contributed by atoms with Gasteiger partial charge in [0.2, 0.25) is 0 Å². The van der Waals surface area contributed by atoms with E-state index in [-0.39, 0.29) is 0 Å². The molecule has 1 aromatic carbocycles. The van der Waals surface area contributed by atoms with Crippen LogP contribution in [0.3, 0.4) is 0 Å². The summed E-state index contributed by atoms with van der Waals surface area (Å²) in [5.74, 6) is 0.636. The van der Waals surface area contributed by atoms with Crippen molar-refractivity contribution in [3.63, 3.8) is 0 Å². The first-order valence-corrected chi connectivity index (χ1v) is 8.96. The average Bonchev–Trinajstić information content (AvgIpc) is 3.24. The van der Waals surface area contributed by atoms with Crippen molar-refractivity contribution in [3.05, 3.63) is 18.2 Å². The number of rotatable bonds is 3. The minimum absolute atomic E-state index is 0.606. The normalized spacial score (nSPS) is 23.2. The van der Waals surface area contributed by atoms with E-state index < -0.39 is 7.14 Å². The van der Waals surface area contributed by atoms with Crippen molar-refractivity contribution in [2.75, 3.05) is 38.3 Å². The monoisotopic (exact) mass is 280 g/mol. The fourth-order valence-electron chi connectivity index (χ4n) is 2.82.